The molecule has 0 aliphatic carbocycles. The number of carbonyl (C=O) groups is 1. The SMILES string of the molecule is Cc1ccc(-c2cc(C(=O)N(Cc3ccco3)C3CCS(=O)(=O)C3)no2)cc1F. The first-order valence-corrected chi connectivity index (χ1v) is 10.9. The predicted molar refractivity (Wildman–Crippen MR) is 102 cm³/mol. The number of aryl methyl sites for hydroxylation is 1. The minimum absolute atomic E-state index is 0.0248. The van der Waals surface area contributed by atoms with Crippen molar-refractivity contribution in [1.29, 1.82) is 0 Å². The maximum Gasteiger partial charge on any atom is 0.276 e. The van der Waals surface area contributed by atoms with Gasteiger partial charge in [0.2, 0.25) is 0 Å². The summed E-state index contributed by atoms with van der Waals surface area (Å²) in [6.07, 6.45) is 1.84. The molecule has 3 heterocycles. The van der Waals surface area contributed by atoms with Crippen LogP contribution in [0.15, 0.2) is 51.6 Å². The fourth-order valence-corrected chi connectivity index (χ4v) is 5.09. The molecule has 1 aliphatic heterocycles. The summed E-state index contributed by atoms with van der Waals surface area (Å²) < 4.78 is 48.3. The van der Waals surface area contributed by atoms with Gasteiger partial charge in [-0.3, -0.25) is 4.79 Å². The molecule has 2 aromatic heterocycles. The lowest BCUT2D eigenvalue weighted by Crippen LogP contribution is -2.40. The molecule has 1 fully saturated rings. The normalized spacial score (nSPS) is 18.1. The quantitative estimate of drug-likeness (QED) is 0.632. The zero-order chi connectivity index (χ0) is 20.6. The summed E-state index contributed by atoms with van der Waals surface area (Å²) in [5.41, 5.74) is 0.981. The molecular formula is C20H19FN2O5S. The maximum atomic E-state index is 13.8. The Kier molecular flexibility index (Phi) is 4.99. The fraction of sp³-hybridized carbons (Fsp3) is 0.300. The molecule has 1 aromatic carbocycles. The van der Waals surface area contributed by atoms with Crippen LogP contribution in [0.5, 0.6) is 0 Å². The lowest BCUT2D eigenvalue weighted by Gasteiger charge is -2.26. The molecule has 0 radical (unpaired) electrons. The van der Waals surface area contributed by atoms with Crippen LogP contribution in [-0.2, 0) is 16.4 Å². The van der Waals surface area contributed by atoms with Crippen molar-refractivity contribution in [2.24, 2.45) is 0 Å². The van der Waals surface area contributed by atoms with Gasteiger partial charge < -0.3 is 13.8 Å². The summed E-state index contributed by atoms with van der Waals surface area (Å²) in [7, 11) is -3.19. The van der Waals surface area contributed by atoms with E-state index < -0.39 is 21.8 Å². The van der Waals surface area contributed by atoms with E-state index in [9.17, 15) is 17.6 Å². The van der Waals surface area contributed by atoms with E-state index >= 15 is 0 Å². The monoisotopic (exact) mass is 418 g/mol. The van der Waals surface area contributed by atoms with Crippen LogP contribution >= 0.6 is 0 Å². The third-order valence-electron chi connectivity index (χ3n) is 5.00. The van der Waals surface area contributed by atoms with Gasteiger partial charge in [-0.25, -0.2) is 12.8 Å². The van der Waals surface area contributed by atoms with Crippen molar-refractivity contribution in [3.63, 3.8) is 0 Å². The maximum absolute atomic E-state index is 13.8. The molecule has 0 bridgehead atoms. The van der Waals surface area contributed by atoms with Crippen LogP contribution in [0, 0.1) is 12.7 Å². The third kappa shape index (κ3) is 4.09. The summed E-state index contributed by atoms with van der Waals surface area (Å²) in [5.74, 6) is -0.135. The summed E-state index contributed by atoms with van der Waals surface area (Å²) in [6, 6.07) is 8.98. The fourth-order valence-electron chi connectivity index (χ4n) is 3.36. The first-order valence-electron chi connectivity index (χ1n) is 9.09. The molecule has 0 saturated carbocycles. The Labute approximate surface area is 167 Å². The Bertz CT molecular complexity index is 1140. The average Bonchev–Trinajstić information content (AvgIpc) is 3.42. The second kappa shape index (κ2) is 7.47. The Morgan fingerprint density at radius 3 is 2.79 bits per heavy atom. The number of nitrogens with zero attached hydrogens (tertiary/aromatic N) is 2. The van der Waals surface area contributed by atoms with Crippen LogP contribution in [0.4, 0.5) is 4.39 Å². The van der Waals surface area contributed by atoms with Gasteiger partial charge in [-0.05, 0) is 37.1 Å². The number of sulfone groups is 1. The van der Waals surface area contributed by atoms with E-state index in [0.29, 0.717) is 23.3 Å². The smallest absolute Gasteiger partial charge is 0.276 e. The number of carbonyl (C=O) groups excluding carboxylic acids is 1. The van der Waals surface area contributed by atoms with E-state index in [4.69, 9.17) is 8.94 Å². The van der Waals surface area contributed by atoms with Gasteiger partial charge >= 0.3 is 0 Å². The summed E-state index contributed by atoms with van der Waals surface area (Å²) >= 11 is 0. The number of benzene rings is 1. The Morgan fingerprint density at radius 1 is 1.31 bits per heavy atom. The molecule has 1 aliphatic rings. The number of aromatic nitrogens is 1. The molecule has 9 heteroatoms. The standard InChI is InChI=1S/C20H19FN2O5S/c1-13-4-5-14(9-17(13)21)19-10-18(22-28-19)20(24)23(11-16-3-2-7-27-16)15-6-8-29(25,26)12-15/h2-5,7,9-10,15H,6,8,11-12H2,1H3. The molecule has 1 atom stereocenters. The van der Waals surface area contributed by atoms with Gasteiger partial charge in [0.1, 0.15) is 11.6 Å². The minimum atomic E-state index is -3.19. The van der Waals surface area contributed by atoms with E-state index in [1.165, 1.54) is 23.3 Å². The summed E-state index contributed by atoms with van der Waals surface area (Å²) in [6.45, 7) is 1.77. The first kappa shape index (κ1) is 19.4. The molecule has 1 unspecified atom stereocenters. The van der Waals surface area contributed by atoms with Crippen molar-refractivity contribution in [2.75, 3.05) is 11.5 Å². The highest BCUT2D eigenvalue weighted by molar-refractivity contribution is 7.91. The Morgan fingerprint density at radius 2 is 2.14 bits per heavy atom. The van der Waals surface area contributed by atoms with Crippen LogP contribution < -0.4 is 0 Å². The highest BCUT2D eigenvalue weighted by atomic mass is 32.2. The van der Waals surface area contributed by atoms with Gasteiger partial charge in [0.15, 0.2) is 21.3 Å². The van der Waals surface area contributed by atoms with Gasteiger partial charge in [0.25, 0.3) is 5.91 Å². The Balaban J connectivity index is 1.62. The highest BCUT2D eigenvalue weighted by Gasteiger charge is 2.36. The molecule has 1 amide bonds. The van der Waals surface area contributed by atoms with E-state index in [-0.39, 0.29) is 35.3 Å². The van der Waals surface area contributed by atoms with Crippen molar-refractivity contribution in [1.82, 2.24) is 10.1 Å². The average molecular weight is 418 g/mol. The van der Waals surface area contributed by atoms with Gasteiger partial charge in [-0.1, -0.05) is 17.3 Å². The largest absolute Gasteiger partial charge is 0.467 e. The van der Waals surface area contributed by atoms with Crippen molar-refractivity contribution >= 4 is 15.7 Å². The van der Waals surface area contributed by atoms with E-state index in [1.54, 1.807) is 31.2 Å². The van der Waals surface area contributed by atoms with Crippen LogP contribution in [0.2, 0.25) is 0 Å². The second-order valence-electron chi connectivity index (χ2n) is 7.11. The summed E-state index contributed by atoms with van der Waals surface area (Å²) in [4.78, 5) is 14.6. The number of amides is 1. The molecule has 3 aromatic rings. The highest BCUT2D eigenvalue weighted by Crippen LogP contribution is 2.26. The van der Waals surface area contributed by atoms with Crippen molar-refractivity contribution < 1.29 is 26.5 Å². The zero-order valence-corrected chi connectivity index (χ0v) is 16.5. The molecular weight excluding hydrogens is 399 g/mol. The predicted octanol–water partition coefficient (Wildman–Crippen LogP) is 3.21. The van der Waals surface area contributed by atoms with Crippen molar-refractivity contribution in [3.05, 3.63) is 65.5 Å². The lowest BCUT2D eigenvalue weighted by atomic mass is 10.1. The van der Waals surface area contributed by atoms with Gasteiger partial charge in [-0.15, -0.1) is 0 Å². The third-order valence-corrected chi connectivity index (χ3v) is 6.75. The van der Waals surface area contributed by atoms with E-state index in [2.05, 4.69) is 5.16 Å². The van der Waals surface area contributed by atoms with Crippen LogP contribution in [-0.4, -0.2) is 41.9 Å². The van der Waals surface area contributed by atoms with Crippen molar-refractivity contribution in [3.8, 4) is 11.3 Å². The van der Waals surface area contributed by atoms with Crippen molar-refractivity contribution in [2.45, 2.75) is 25.9 Å². The number of rotatable bonds is 5. The van der Waals surface area contributed by atoms with Gasteiger partial charge in [0.05, 0.1) is 24.3 Å². The van der Waals surface area contributed by atoms with Crippen LogP contribution in [0.3, 0.4) is 0 Å². The minimum Gasteiger partial charge on any atom is -0.467 e. The van der Waals surface area contributed by atoms with E-state index in [0.717, 1.165) is 0 Å². The molecule has 0 spiro atoms. The lowest BCUT2D eigenvalue weighted by molar-refractivity contribution is 0.0655. The van der Waals surface area contributed by atoms with Gasteiger partial charge in [0, 0.05) is 17.7 Å². The number of hydrogen-bond donors (Lipinski definition) is 0. The number of halogens is 1. The molecule has 0 N–H and O–H groups in total. The van der Waals surface area contributed by atoms with Crippen LogP contribution in [0.1, 0.15) is 28.2 Å². The van der Waals surface area contributed by atoms with Gasteiger partial charge in [-0.2, -0.15) is 0 Å². The number of hydrogen-bond acceptors (Lipinski definition) is 6. The summed E-state index contributed by atoms with van der Waals surface area (Å²) in [5, 5.41) is 3.83. The topological polar surface area (TPSA) is 93.6 Å². The number of furan rings is 1. The first-order chi connectivity index (χ1) is 13.8. The molecule has 1 saturated heterocycles. The molecule has 152 valence electrons. The molecule has 4 rings (SSSR count). The van der Waals surface area contributed by atoms with Crippen LogP contribution in [0.25, 0.3) is 11.3 Å². The van der Waals surface area contributed by atoms with E-state index in [1.807, 2.05) is 0 Å². The Hall–Kier alpha value is -2.94. The zero-order valence-electron chi connectivity index (χ0n) is 15.7. The second-order valence-corrected chi connectivity index (χ2v) is 9.34. The molecule has 7 nitrogen and oxygen atoms in total. The molecule has 29 heavy (non-hydrogen) atoms.